The molecule has 0 radical (unpaired) electrons. The fourth-order valence-corrected chi connectivity index (χ4v) is 0.179. The summed E-state index contributed by atoms with van der Waals surface area (Å²) in [7, 11) is 0. The van der Waals surface area contributed by atoms with Crippen LogP contribution in [0.2, 0.25) is 0 Å². The zero-order chi connectivity index (χ0) is 4.99. The highest BCUT2D eigenvalue weighted by Crippen LogP contribution is 1.84. The molecule has 0 heterocycles. The molecule has 0 aromatic heterocycles. The first-order valence-electron chi connectivity index (χ1n) is 1.45. The van der Waals surface area contributed by atoms with E-state index in [4.69, 9.17) is 10.4 Å². The van der Waals surface area contributed by atoms with Crippen molar-refractivity contribution in [2.75, 3.05) is 5.33 Å². The van der Waals surface area contributed by atoms with Gasteiger partial charge in [-0.25, -0.2) is 0 Å². The van der Waals surface area contributed by atoms with Gasteiger partial charge in [0.2, 0.25) is 0 Å². The topological polar surface area (TPSA) is 44.0 Å². The molecule has 0 aliphatic heterocycles. The van der Waals surface area contributed by atoms with Crippen LogP contribution in [-0.4, -0.2) is 16.5 Å². The van der Waals surface area contributed by atoms with Crippen molar-refractivity contribution in [3.05, 3.63) is 0 Å². The van der Waals surface area contributed by atoms with E-state index in [0.29, 0.717) is 5.33 Å². The van der Waals surface area contributed by atoms with Gasteiger partial charge < -0.3 is 5.11 Å². The zero-order valence-corrected chi connectivity index (χ0v) is 4.64. The van der Waals surface area contributed by atoms with Crippen molar-refractivity contribution in [2.45, 2.75) is 6.10 Å². The van der Waals surface area contributed by atoms with Crippen molar-refractivity contribution in [1.29, 1.82) is 5.26 Å². The standard InChI is InChI=1S/C3H4BrNO/c4-1-3(6)2-5/h3,6H,1H2/t3-/m0/s1. The van der Waals surface area contributed by atoms with Gasteiger partial charge in [0, 0.05) is 5.33 Å². The third-order valence-electron chi connectivity index (χ3n) is 0.295. The van der Waals surface area contributed by atoms with Crippen LogP contribution in [0.3, 0.4) is 0 Å². The molecule has 6 heavy (non-hydrogen) atoms. The molecule has 0 rings (SSSR count). The molecule has 0 unspecified atom stereocenters. The number of alkyl halides is 1. The summed E-state index contributed by atoms with van der Waals surface area (Å²) in [6.07, 6.45) is -0.843. The Kier molecular flexibility index (Phi) is 3.10. The predicted octanol–water partition coefficient (Wildman–Crippen LogP) is 0.266. The molecule has 0 aromatic rings. The van der Waals surface area contributed by atoms with Gasteiger partial charge in [0.05, 0.1) is 6.07 Å². The van der Waals surface area contributed by atoms with E-state index >= 15 is 0 Å². The summed E-state index contributed by atoms with van der Waals surface area (Å²) < 4.78 is 0. The van der Waals surface area contributed by atoms with E-state index in [1.54, 1.807) is 6.07 Å². The molecular formula is C3H4BrNO. The lowest BCUT2D eigenvalue weighted by molar-refractivity contribution is 0.257. The largest absolute Gasteiger partial charge is 0.377 e. The molecule has 1 atom stereocenters. The third-order valence-corrected chi connectivity index (χ3v) is 0.908. The zero-order valence-electron chi connectivity index (χ0n) is 3.06. The second-order valence-electron chi connectivity index (χ2n) is 0.799. The summed E-state index contributed by atoms with van der Waals surface area (Å²) in [6, 6.07) is 1.62. The molecule has 0 aromatic carbocycles. The van der Waals surface area contributed by atoms with Crippen LogP contribution in [0.15, 0.2) is 0 Å². The summed E-state index contributed by atoms with van der Waals surface area (Å²) in [4.78, 5) is 0. The molecule has 0 aliphatic carbocycles. The molecule has 0 saturated carbocycles. The first-order chi connectivity index (χ1) is 2.81. The van der Waals surface area contributed by atoms with Crippen LogP contribution >= 0.6 is 15.9 Å². The Morgan fingerprint density at radius 1 is 2.00 bits per heavy atom. The van der Waals surface area contributed by atoms with Crippen molar-refractivity contribution in [3.8, 4) is 6.07 Å². The van der Waals surface area contributed by atoms with E-state index in [-0.39, 0.29) is 0 Å². The normalized spacial score (nSPS) is 12.8. The van der Waals surface area contributed by atoms with Crippen molar-refractivity contribution in [3.63, 3.8) is 0 Å². The minimum Gasteiger partial charge on any atom is -0.377 e. The van der Waals surface area contributed by atoms with Gasteiger partial charge in [-0.1, -0.05) is 15.9 Å². The summed E-state index contributed by atoms with van der Waals surface area (Å²) >= 11 is 2.90. The van der Waals surface area contributed by atoms with Crippen LogP contribution in [0.25, 0.3) is 0 Å². The molecule has 3 heteroatoms. The molecule has 1 N–H and O–H groups in total. The first kappa shape index (κ1) is 5.93. The SMILES string of the molecule is N#C[C@@H](O)CBr. The summed E-state index contributed by atoms with van der Waals surface area (Å²) in [6.45, 7) is 0. The van der Waals surface area contributed by atoms with Gasteiger partial charge in [0.15, 0.2) is 0 Å². The summed E-state index contributed by atoms with van der Waals surface area (Å²) in [5.41, 5.74) is 0. The van der Waals surface area contributed by atoms with Gasteiger partial charge in [-0.05, 0) is 0 Å². The molecule has 0 saturated heterocycles. The number of hydrogen-bond acceptors (Lipinski definition) is 2. The lowest BCUT2D eigenvalue weighted by atomic mass is 10.5. The van der Waals surface area contributed by atoms with Gasteiger partial charge in [-0.15, -0.1) is 0 Å². The maximum absolute atomic E-state index is 8.26. The maximum atomic E-state index is 8.26. The quantitative estimate of drug-likeness (QED) is 0.430. The van der Waals surface area contributed by atoms with Crippen molar-refractivity contribution in [2.24, 2.45) is 0 Å². The number of hydrogen-bond donors (Lipinski definition) is 1. The first-order valence-corrected chi connectivity index (χ1v) is 2.57. The van der Waals surface area contributed by atoms with Crippen molar-refractivity contribution >= 4 is 15.9 Å². The van der Waals surface area contributed by atoms with E-state index < -0.39 is 6.10 Å². The lowest BCUT2D eigenvalue weighted by Crippen LogP contribution is -2.01. The van der Waals surface area contributed by atoms with E-state index in [0.717, 1.165) is 0 Å². The van der Waals surface area contributed by atoms with Crippen LogP contribution in [-0.2, 0) is 0 Å². The molecule has 0 bridgehead atoms. The average Bonchev–Trinajstić information content (AvgIpc) is 1.65. The number of nitriles is 1. The Labute approximate surface area is 44.5 Å². The molecule has 34 valence electrons. The fourth-order valence-electron chi connectivity index (χ4n) is 0.0345. The van der Waals surface area contributed by atoms with Gasteiger partial charge in [-0.3, -0.25) is 0 Å². The summed E-state index contributed by atoms with van der Waals surface area (Å²) in [5.74, 6) is 0. The average molecular weight is 150 g/mol. The molecule has 0 spiro atoms. The number of rotatable bonds is 1. The van der Waals surface area contributed by atoms with E-state index in [9.17, 15) is 0 Å². The smallest absolute Gasteiger partial charge is 0.150 e. The van der Waals surface area contributed by atoms with Crippen LogP contribution in [0.1, 0.15) is 0 Å². The van der Waals surface area contributed by atoms with Gasteiger partial charge >= 0.3 is 0 Å². The Morgan fingerprint density at radius 2 is 2.50 bits per heavy atom. The minimum absolute atomic E-state index is 0.337. The van der Waals surface area contributed by atoms with Crippen molar-refractivity contribution in [1.82, 2.24) is 0 Å². The third kappa shape index (κ3) is 2.18. The second-order valence-corrected chi connectivity index (χ2v) is 1.45. The Hall–Kier alpha value is -0.0700. The molecule has 0 aliphatic rings. The highest BCUT2D eigenvalue weighted by Gasteiger charge is 1.92. The van der Waals surface area contributed by atoms with Crippen LogP contribution in [0.5, 0.6) is 0 Å². The van der Waals surface area contributed by atoms with E-state index in [2.05, 4.69) is 15.9 Å². The van der Waals surface area contributed by atoms with Gasteiger partial charge in [-0.2, -0.15) is 5.26 Å². The molecule has 0 fully saturated rings. The predicted molar refractivity (Wildman–Crippen MR) is 25.4 cm³/mol. The Balaban J connectivity index is 3.04. The van der Waals surface area contributed by atoms with Gasteiger partial charge in [0.25, 0.3) is 0 Å². The van der Waals surface area contributed by atoms with Crippen LogP contribution < -0.4 is 0 Å². The molecule has 0 amide bonds. The number of halogens is 1. The molecular weight excluding hydrogens is 146 g/mol. The highest BCUT2D eigenvalue weighted by atomic mass is 79.9. The highest BCUT2D eigenvalue weighted by molar-refractivity contribution is 9.09. The molecule has 2 nitrogen and oxygen atoms in total. The lowest BCUT2D eigenvalue weighted by Gasteiger charge is -1.85. The number of aliphatic hydroxyl groups excluding tert-OH is 1. The van der Waals surface area contributed by atoms with E-state index in [1.165, 1.54) is 0 Å². The Morgan fingerprint density at radius 3 is 2.50 bits per heavy atom. The van der Waals surface area contributed by atoms with Gasteiger partial charge in [0.1, 0.15) is 6.10 Å². The Bertz CT molecular complexity index is 67.7. The number of nitrogens with zero attached hydrogens (tertiary/aromatic N) is 1. The number of aliphatic hydroxyl groups is 1. The maximum Gasteiger partial charge on any atom is 0.150 e. The second kappa shape index (κ2) is 3.13. The van der Waals surface area contributed by atoms with E-state index in [1.807, 2.05) is 0 Å². The fraction of sp³-hybridized carbons (Fsp3) is 0.667. The van der Waals surface area contributed by atoms with Crippen LogP contribution in [0.4, 0.5) is 0 Å². The summed E-state index contributed by atoms with van der Waals surface area (Å²) in [5, 5.41) is 16.4. The monoisotopic (exact) mass is 149 g/mol. The minimum atomic E-state index is -0.843. The van der Waals surface area contributed by atoms with Crippen molar-refractivity contribution < 1.29 is 5.11 Å². The van der Waals surface area contributed by atoms with Crippen LogP contribution in [0, 0.1) is 11.3 Å².